The number of rotatable bonds is 4. The molecule has 0 aliphatic carbocycles. The predicted octanol–water partition coefficient (Wildman–Crippen LogP) is 4.16. The third-order valence-corrected chi connectivity index (χ3v) is 4.06. The molecule has 0 atom stereocenters. The fourth-order valence-electron chi connectivity index (χ4n) is 2.92. The van der Waals surface area contributed by atoms with E-state index in [0.717, 1.165) is 35.2 Å². The molecular formula is C19H18N4. The van der Waals surface area contributed by atoms with Crippen molar-refractivity contribution in [1.29, 1.82) is 0 Å². The predicted molar refractivity (Wildman–Crippen MR) is 92.2 cm³/mol. The van der Waals surface area contributed by atoms with Gasteiger partial charge < -0.3 is 4.57 Å². The van der Waals surface area contributed by atoms with Crippen LogP contribution in [0.2, 0.25) is 0 Å². The number of aromatic nitrogens is 4. The van der Waals surface area contributed by atoms with E-state index >= 15 is 0 Å². The highest BCUT2D eigenvalue weighted by atomic mass is 15.1. The molecule has 4 nitrogen and oxygen atoms in total. The van der Waals surface area contributed by atoms with Crippen LogP contribution in [-0.4, -0.2) is 19.1 Å². The second-order valence-corrected chi connectivity index (χ2v) is 5.68. The molecule has 0 N–H and O–H groups in total. The van der Waals surface area contributed by atoms with Gasteiger partial charge in [-0.15, -0.1) is 0 Å². The highest BCUT2D eigenvalue weighted by Crippen LogP contribution is 2.21. The Morgan fingerprint density at radius 3 is 2.74 bits per heavy atom. The van der Waals surface area contributed by atoms with Gasteiger partial charge in [0.05, 0.1) is 17.4 Å². The fourth-order valence-corrected chi connectivity index (χ4v) is 2.92. The molecule has 4 rings (SSSR count). The van der Waals surface area contributed by atoms with E-state index in [-0.39, 0.29) is 0 Å². The number of nitrogens with zero attached hydrogens (tertiary/aromatic N) is 4. The van der Waals surface area contributed by atoms with Crippen molar-refractivity contribution in [3.63, 3.8) is 0 Å². The maximum absolute atomic E-state index is 4.57. The Kier molecular flexibility index (Phi) is 3.42. The highest BCUT2D eigenvalue weighted by Gasteiger charge is 2.06. The van der Waals surface area contributed by atoms with Gasteiger partial charge in [0.1, 0.15) is 6.33 Å². The zero-order valence-corrected chi connectivity index (χ0v) is 13.1. The van der Waals surface area contributed by atoms with Crippen molar-refractivity contribution >= 4 is 11.0 Å². The van der Waals surface area contributed by atoms with Crippen LogP contribution in [0.25, 0.3) is 22.4 Å². The molecule has 0 bridgehead atoms. The van der Waals surface area contributed by atoms with Gasteiger partial charge in [0, 0.05) is 23.8 Å². The summed E-state index contributed by atoms with van der Waals surface area (Å²) in [5, 5.41) is 0. The van der Waals surface area contributed by atoms with Gasteiger partial charge in [-0.25, -0.2) is 9.97 Å². The largest absolute Gasteiger partial charge is 0.306 e. The molecule has 0 radical (unpaired) electrons. The number of hydrogen-bond donors (Lipinski definition) is 0. The minimum absolute atomic E-state index is 1.05. The van der Waals surface area contributed by atoms with Crippen molar-refractivity contribution in [2.24, 2.45) is 0 Å². The highest BCUT2D eigenvalue weighted by molar-refractivity contribution is 5.78. The van der Waals surface area contributed by atoms with Gasteiger partial charge in [-0.05, 0) is 42.3 Å². The van der Waals surface area contributed by atoms with Gasteiger partial charge in [-0.1, -0.05) is 25.5 Å². The first-order valence-electron chi connectivity index (χ1n) is 7.90. The fraction of sp³-hybridized carbons (Fsp3) is 0.158. The summed E-state index contributed by atoms with van der Waals surface area (Å²) >= 11 is 0. The summed E-state index contributed by atoms with van der Waals surface area (Å²) in [5.74, 6) is 0. The lowest BCUT2D eigenvalue weighted by molar-refractivity contribution is 0.923. The van der Waals surface area contributed by atoms with Gasteiger partial charge in [0.2, 0.25) is 0 Å². The molecule has 0 unspecified atom stereocenters. The van der Waals surface area contributed by atoms with Crippen molar-refractivity contribution in [2.45, 2.75) is 19.8 Å². The van der Waals surface area contributed by atoms with Crippen LogP contribution in [0.3, 0.4) is 0 Å². The van der Waals surface area contributed by atoms with Crippen LogP contribution in [0.15, 0.2) is 67.5 Å². The molecule has 23 heavy (non-hydrogen) atoms. The lowest BCUT2D eigenvalue weighted by atomic mass is 10.1. The van der Waals surface area contributed by atoms with Gasteiger partial charge >= 0.3 is 0 Å². The lowest BCUT2D eigenvalue weighted by Crippen LogP contribution is -1.96. The molecular weight excluding hydrogens is 284 g/mol. The van der Waals surface area contributed by atoms with E-state index in [0.29, 0.717) is 0 Å². The second-order valence-electron chi connectivity index (χ2n) is 5.68. The average Bonchev–Trinajstić information content (AvgIpc) is 3.25. The molecule has 0 aliphatic rings. The summed E-state index contributed by atoms with van der Waals surface area (Å²) in [6.45, 7) is 2.20. The Morgan fingerprint density at radius 2 is 1.91 bits per heavy atom. The van der Waals surface area contributed by atoms with Gasteiger partial charge in [0.15, 0.2) is 0 Å². The molecule has 2 aromatic heterocycles. The Labute approximate surface area is 135 Å². The van der Waals surface area contributed by atoms with Crippen LogP contribution in [0.1, 0.15) is 18.9 Å². The quantitative estimate of drug-likeness (QED) is 0.567. The van der Waals surface area contributed by atoms with Crippen molar-refractivity contribution < 1.29 is 0 Å². The summed E-state index contributed by atoms with van der Waals surface area (Å²) in [6, 6.07) is 14.9. The SMILES string of the molecule is CCCc1ccc2c(c1)ncn2-c1cccc(-n2ccnc2)c1. The van der Waals surface area contributed by atoms with Crippen LogP contribution in [0, 0.1) is 0 Å². The number of hydrogen-bond acceptors (Lipinski definition) is 2. The molecule has 0 spiro atoms. The lowest BCUT2D eigenvalue weighted by Gasteiger charge is -2.08. The summed E-state index contributed by atoms with van der Waals surface area (Å²) in [6.07, 6.45) is 9.68. The van der Waals surface area contributed by atoms with Crippen molar-refractivity contribution in [3.8, 4) is 11.4 Å². The number of imidazole rings is 2. The number of benzene rings is 2. The van der Waals surface area contributed by atoms with Crippen LogP contribution < -0.4 is 0 Å². The summed E-state index contributed by atoms with van der Waals surface area (Å²) in [7, 11) is 0. The van der Waals surface area contributed by atoms with Crippen molar-refractivity contribution in [2.75, 3.05) is 0 Å². The van der Waals surface area contributed by atoms with Crippen LogP contribution >= 0.6 is 0 Å². The Bertz CT molecular complexity index is 935. The standard InChI is InChI=1S/C19H18N4/c1-2-4-15-7-8-19-18(11-15)21-14-23(19)17-6-3-5-16(12-17)22-10-9-20-13-22/h3,5-14H,2,4H2,1H3. The number of aryl methyl sites for hydroxylation is 1. The van der Waals surface area contributed by atoms with Crippen LogP contribution in [-0.2, 0) is 6.42 Å². The zero-order chi connectivity index (χ0) is 15.6. The molecule has 2 aromatic carbocycles. The Balaban J connectivity index is 1.79. The van der Waals surface area contributed by atoms with Gasteiger partial charge in [0.25, 0.3) is 0 Å². The molecule has 4 heteroatoms. The molecule has 4 aromatic rings. The maximum atomic E-state index is 4.57. The first-order chi connectivity index (χ1) is 11.3. The molecule has 2 heterocycles. The van der Waals surface area contributed by atoms with E-state index in [9.17, 15) is 0 Å². The summed E-state index contributed by atoms with van der Waals surface area (Å²) in [5.41, 5.74) is 5.71. The van der Waals surface area contributed by atoms with Crippen LogP contribution in [0.5, 0.6) is 0 Å². The van der Waals surface area contributed by atoms with E-state index < -0.39 is 0 Å². The van der Waals surface area contributed by atoms with E-state index in [1.807, 2.05) is 23.4 Å². The second kappa shape index (κ2) is 5.72. The Hall–Kier alpha value is -2.88. The molecule has 0 saturated carbocycles. The monoisotopic (exact) mass is 302 g/mol. The minimum Gasteiger partial charge on any atom is -0.306 e. The third-order valence-electron chi connectivity index (χ3n) is 4.06. The summed E-state index contributed by atoms with van der Waals surface area (Å²) < 4.78 is 4.13. The van der Waals surface area contributed by atoms with Crippen LogP contribution in [0.4, 0.5) is 0 Å². The average molecular weight is 302 g/mol. The van der Waals surface area contributed by atoms with E-state index in [2.05, 4.69) is 63.9 Å². The first-order valence-corrected chi connectivity index (χ1v) is 7.90. The molecule has 0 fully saturated rings. The van der Waals surface area contributed by atoms with Gasteiger partial charge in [-0.3, -0.25) is 4.57 Å². The first kappa shape index (κ1) is 13.8. The topological polar surface area (TPSA) is 35.6 Å². The molecule has 0 saturated heterocycles. The van der Waals surface area contributed by atoms with E-state index in [4.69, 9.17) is 0 Å². The normalized spacial score (nSPS) is 11.2. The van der Waals surface area contributed by atoms with E-state index in [1.54, 1.807) is 6.20 Å². The molecule has 0 aliphatic heterocycles. The Morgan fingerprint density at radius 1 is 1.00 bits per heavy atom. The number of fused-ring (bicyclic) bond motifs is 1. The van der Waals surface area contributed by atoms with E-state index in [1.165, 1.54) is 5.56 Å². The smallest absolute Gasteiger partial charge is 0.100 e. The molecule has 0 amide bonds. The summed E-state index contributed by atoms with van der Waals surface area (Å²) in [4.78, 5) is 8.69. The van der Waals surface area contributed by atoms with Crippen molar-refractivity contribution in [1.82, 2.24) is 19.1 Å². The van der Waals surface area contributed by atoms with Crippen molar-refractivity contribution in [3.05, 3.63) is 73.1 Å². The minimum atomic E-state index is 1.05. The third kappa shape index (κ3) is 2.52. The zero-order valence-electron chi connectivity index (χ0n) is 13.1. The maximum Gasteiger partial charge on any atom is 0.100 e. The van der Waals surface area contributed by atoms with Gasteiger partial charge in [-0.2, -0.15) is 0 Å². The molecule has 114 valence electrons.